The molecule has 0 N–H and O–H groups in total. The van der Waals surface area contributed by atoms with E-state index in [1.54, 1.807) is 22.4 Å². The first kappa shape index (κ1) is 19.2. The second-order valence-electron chi connectivity index (χ2n) is 7.31. The lowest BCUT2D eigenvalue weighted by atomic mass is 10.1. The Balaban J connectivity index is 1.37. The van der Waals surface area contributed by atoms with Gasteiger partial charge >= 0.3 is 6.09 Å². The predicted molar refractivity (Wildman–Crippen MR) is 115 cm³/mol. The second kappa shape index (κ2) is 7.47. The zero-order valence-corrected chi connectivity index (χ0v) is 17.3. The highest BCUT2D eigenvalue weighted by molar-refractivity contribution is 7.17. The number of non-ortho nitro benzene ring substituents is 1. The number of rotatable bonds is 3. The molecule has 31 heavy (non-hydrogen) atoms. The third kappa shape index (κ3) is 3.50. The number of thiophene rings is 1. The average Bonchev–Trinajstić information content (AvgIpc) is 3.41. The Labute approximate surface area is 180 Å². The maximum atomic E-state index is 12.7. The molecule has 0 saturated carbocycles. The Bertz CT molecular complexity index is 1300. The summed E-state index contributed by atoms with van der Waals surface area (Å²) in [5, 5.41) is 17.6. The Hall–Kier alpha value is -3.79. The van der Waals surface area contributed by atoms with Gasteiger partial charge in [-0.05, 0) is 42.6 Å². The number of hydrogen-bond acceptors (Lipinski definition) is 7. The lowest BCUT2D eigenvalue weighted by molar-refractivity contribution is -0.384. The molecule has 0 fully saturated rings. The van der Waals surface area contributed by atoms with E-state index in [0.717, 1.165) is 27.2 Å². The minimum atomic E-state index is -0.501. The van der Waals surface area contributed by atoms with Crippen LogP contribution in [-0.4, -0.2) is 37.2 Å². The van der Waals surface area contributed by atoms with Crippen LogP contribution in [0.15, 0.2) is 54.0 Å². The maximum Gasteiger partial charge on any atom is 0.415 e. The van der Waals surface area contributed by atoms with Crippen LogP contribution in [0.2, 0.25) is 0 Å². The minimum absolute atomic E-state index is 0.0254. The van der Waals surface area contributed by atoms with E-state index >= 15 is 0 Å². The van der Waals surface area contributed by atoms with Crippen molar-refractivity contribution in [2.45, 2.75) is 19.5 Å². The van der Waals surface area contributed by atoms with Gasteiger partial charge in [0.15, 0.2) is 0 Å². The first-order chi connectivity index (χ1) is 15.0. The van der Waals surface area contributed by atoms with Gasteiger partial charge in [0.05, 0.1) is 39.1 Å². The molecule has 156 valence electrons. The number of nitro groups is 1. The van der Waals surface area contributed by atoms with Crippen LogP contribution in [0.3, 0.4) is 0 Å². The highest BCUT2D eigenvalue weighted by Gasteiger charge is 2.29. The SMILES string of the molecule is C[C@H]1CN(C(=O)Oc2ccc([N+](=O)[O-])cc2)Cc2cc(-c3ccnc4ccsc34)nn21. The molecule has 0 radical (unpaired) electrons. The minimum Gasteiger partial charge on any atom is -0.410 e. The molecule has 1 aliphatic heterocycles. The molecule has 0 aliphatic carbocycles. The van der Waals surface area contributed by atoms with Crippen molar-refractivity contribution in [1.29, 1.82) is 0 Å². The first-order valence-corrected chi connectivity index (χ1v) is 10.5. The average molecular weight is 435 g/mol. The van der Waals surface area contributed by atoms with Crippen LogP contribution >= 0.6 is 11.3 Å². The highest BCUT2D eigenvalue weighted by atomic mass is 32.1. The van der Waals surface area contributed by atoms with Gasteiger partial charge in [0.1, 0.15) is 5.75 Å². The van der Waals surface area contributed by atoms with E-state index in [2.05, 4.69) is 4.98 Å². The summed E-state index contributed by atoms with van der Waals surface area (Å²) in [5.41, 5.74) is 3.67. The number of amides is 1. The van der Waals surface area contributed by atoms with Crippen LogP contribution < -0.4 is 4.74 Å². The molecule has 3 aromatic heterocycles. The fraction of sp³-hybridized carbons (Fsp3) is 0.190. The molecule has 5 rings (SSSR count). The molecule has 1 aromatic carbocycles. The quantitative estimate of drug-likeness (QED) is 0.343. The van der Waals surface area contributed by atoms with Gasteiger partial charge in [-0.2, -0.15) is 5.10 Å². The monoisotopic (exact) mass is 435 g/mol. The number of benzene rings is 1. The van der Waals surface area contributed by atoms with E-state index in [1.165, 1.54) is 24.3 Å². The van der Waals surface area contributed by atoms with Crippen LogP contribution in [-0.2, 0) is 6.54 Å². The number of pyridine rings is 1. The molecule has 0 saturated heterocycles. The van der Waals surface area contributed by atoms with Gasteiger partial charge in [-0.1, -0.05) is 0 Å². The van der Waals surface area contributed by atoms with Crippen molar-refractivity contribution in [3.63, 3.8) is 0 Å². The van der Waals surface area contributed by atoms with E-state index < -0.39 is 11.0 Å². The normalized spacial score (nSPS) is 15.6. The molecule has 1 atom stereocenters. The molecular formula is C21H17N5O4S. The lowest BCUT2D eigenvalue weighted by Crippen LogP contribution is -2.41. The van der Waals surface area contributed by atoms with Gasteiger partial charge < -0.3 is 4.74 Å². The van der Waals surface area contributed by atoms with Crippen LogP contribution in [0.1, 0.15) is 18.7 Å². The summed E-state index contributed by atoms with van der Waals surface area (Å²) in [6.07, 6.45) is 1.28. The molecule has 1 aliphatic rings. The summed E-state index contributed by atoms with van der Waals surface area (Å²) in [6.45, 7) is 2.81. The van der Waals surface area contributed by atoms with E-state index in [-0.39, 0.29) is 17.5 Å². The standard InChI is InChI=1S/C21H17N5O4S/c1-13-11-24(21(27)30-16-4-2-14(3-5-16)26(28)29)12-15-10-19(23-25(13)15)17-6-8-22-18-7-9-31-20(17)18/h2-10,13H,11-12H2,1H3/t13-/m0/s1. The third-order valence-electron chi connectivity index (χ3n) is 5.20. The highest BCUT2D eigenvalue weighted by Crippen LogP contribution is 2.33. The van der Waals surface area contributed by atoms with Crippen LogP contribution in [0.4, 0.5) is 10.5 Å². The van der Waals surface area contributed by atoms with Crippen molar-refractivity contribution in [2.24, 2.45) is 0 Å². The summed E-state index contributed by atoms with van der Waals surface area (Å²) in [6, 6.07) is 11.4. The summed E-state index contributed by atoms with van der Waals surface area (Å²) in [5.74, 6) is 0.264. The molecule has 0 unspecified atom stereocenters. The molecule has 9 nitrogen and oxygen atoms in total. The van der Waals surface area contributed by atoms with Crippen molar-refractivity contribution in [2.75, 3.05) is 6.54 Å². The zero-order valence-electron chi connectivity index (χ0n) is 16.5. The zero-order chi connectivity index (χ0) is 21.5. The fourth-order valence-electron chi connectivity index (χ4n) is 3.74. The van der Waals surface area contributed by atoms with E-state index in [4.69, 9.17) is 9.84 Å². The molecule has 1 amide bonds. The summed E-state index contributed by atoms with van der Waals surface area (Å²) in [7, 11) is 0. The topological polar surface area (TPSA) is 103 Å². The van der Waals surface area contributed by atoms with Gasteiger partial charge in [0.2, 0.25) is 0 Å². The lowest BCUT2D eigenvalue weighted by Gasteiger charge is -2.31. The second-order valence-corrected chi connectivity index (χ2v) is 8.22. The number of nitrogens with zero attached hydrogens (tertiary/aromatic N) is 5. The van der Waals surface area contributed by atoms with Crippen LogP contribution in [0.25, 0.3) is 21.5 Å². The van der Waals surface area contributed by atoms with E-state index in [9.17, 15) is 14.9 Å². The molecule has 10 heteroatoms. The van der Waals surface area contributed by atoms with Crippen molar-refractivity contribution in [3.05, 3.63) is 69.8 Å². The molecular weight excluding hydrogens is 418 g/mol. The van der Waals surface area contributed by atoms with Crippen LogP contribution in [0.5, 0.6) is 5.75 Å². The first-order valence-electron chi connectivity index (χ1n) is 9.62. The molecule has 4 aromatic rings. The summed E-state index contributed by atoms with van der Waals surface area (Å²) < 4.78 is 8.45. The number of nitro benzene ring substituents is 1. The number of hydrogen-bond donors (Lipinski definition) is 0. The Morgan fingerprint density at radius 3 is 2.84 bits per heavy atom. The number of carbonyl (C=O) groups is 1. The number of ether oxygens (including phenoxy) is 1. The van der Waals surface area contributed by atoms with Gasteiger partial charge in [-0.3, -0.25) is 24.7 Å². The van der Waals surface area contributed by atoms with E-state index in [1.807, 2.05) is 35.2 Å². The fourth-order valence-corrected chi connectivity index (χ4v) is 4.61. The Morgan fingerprint density at radius 1 is 1.26 bits per heavy atom. The third-order valence-corrected chi connectivity index (χ3v) is 6.14. The predicted octanol–water partition coefficient (Wildman–Crippen LogP) is 4.64. The maximum absolute atomic E-state index is 12.7. The Kier molecular flexibility index (Phi) is 4.63. The summed E-state index contributed by atoms with van der Waals surface area (Å²) >= 11 is 1.63. The number of carbonyl (C=O) groups excluding carboxylic acids is 1. The number of fused-ring (bicyclic) bond motifs is 2. The van der Waals surface area contributed by atoms with Crippen molar-refractivity contribution in [1.82, 2.24) is 19.7 Å². The molecule has 0 bridgehead atoms. The van der Waals surface area contributed by atoms with Crippen molar-refractivity contribution < 1.29 is 14.5 Å². The Morgan fingerprint density at radius 2 is 2.06 bits per heavy atom. The molecule has 4 heterocycles. The largest absolute Gasteiger partial charge is 0.415 e. The number of aromatic nitrogens is 3. The van der Waals surface area contributed by atoms with Gasteiger partial charge in [0.25, 0.3) is 5.69 Å². The van der Waals surface area contributed by atoms with Crippen molar-refractivity contribution in [3.8, 4) is 17.0 Å². The summed E-state index contributed by atoms with van der Waals surface area (Å²) in [4.78, 5) is 29.0. The van der Waals surface area contributed by atoms with Gasteiger partial charge in [-0.25, -0.2) is 4.79 Å². The smallest absolute Gasteiger partial charge is 0.410 e. The van der Waals surface area contributed by atoms with Gasteiger partial charge in [0, 0.05) is 30.4 Å². The molecule has 0 spiro atoms. The van der Waals surface area contributed by atoms with Crippen LogP contribution in [0, 0.1) is 10.1 Å². The van der Waals surface area contributed by atoms with E-state index in [0.29, 0.717) is 13.1 Å². The van der Waals surface area contributed by atoms with Crippen molar-refractivity contribution >= 4 is 33.3 Å². The van der Waals surface area contributed by atoms with Gasteiger partial charge in [-0.15, -0.1) is 11.3 Å².